The zero-order chi connectivity index (χ0) is 15.1. The second-order valence-corrected chi connectivity index (χ2v) is 5.99. The minimum Gasteiger partial charge on any atom is -0.494 e. The molecule has 0 unspecified atom stereocenters. The van der Waals surface area contributed by atoms with Crippen LogP contribution in [-0.4, -0.2) is 6.61 Å². The highest BCUT2D eigenvalue weighted by Gasteiger charge is 2.01. The Morgan fingerprint density at radius 1 is 1.14 bits per heavy atom. The fourth-order valence-corrected chi connectivity index (χ4v) is 2.54. The van der Waals surface area contributed by atoms with Gasteiger partial charge in [-0.1, -0.05) is 25.5 Å². The van der Waals surface area contributed by atoms with E-state index in [4.69, 9.17) is 4.74 Å². The number of ether oxygens (including phenoxy) is 1. The summed E-state index contributed by atoms with van der Waals surface area (Å²) in [6.07, 6.45) is 2.21. The Balaban J connectivity index is 1.88. The first-order chi connectivity index (χ1) is 10.2. The summed E-state index contributed by atoms with van der Waals surface area (Å²) in [4.78, 5) is 0. The lowest BCUT2D eigenvalue weighted by Crippen LogP contribution is -2.02. The number of benzene rings is 2. The average molecular weight is 399 g/mol. The molecule has 0 aliphatic heterocycles. The highest BCUT2D eigenvalue weighted by molar-refractivity contribution is 14.1. The number of hydrogen-bond donors (Lipinski definition) is 1. The molecular weight excluding hydrogens is 380 g/mol. The Bertz CT molecular complexity index is 572. The molecule has 0 aliphatic carbocycles. The van der Waals surface area contributed by atoms with Crippen molar-refractivity contribution >= 4 is 28.3 Å². The van der Waals surface area contributed by atoms with Crippen LogP contribution in [-0.2, 0) is 6.54 Å². The first-order valence-corrected chi connectivity index (χ1v) is 8.17. The molecule has 2 aromatic carbocycles. The minimum absolute atomic E-state index is 0.210. The summed E-state index contributed by atoms with van der Waals surface area (Å²) in [7, 11) is 0. The van der Waals surface area contributed by atoms with Crippen molar-refractivity contribution in [3.05, 3.63) is 57.4 Å². The zero-order valence-electron chi connectivity index (χ0n) is 12.0. The van der Waals surface area contributed by atoms with Crippen molar-refractivity contribution in [1.82, 2.24) is 0 Å². The van der Waals surface area contributed by atoms with Gasteiger partial charge in [0.15, 0.2) is 0 Å². The Morgan fingerprint density at radius 3 is 2.57 bits per heavy atom. The van der Waals surface area contributed by atoms with Gasteiger partial charge in [0.25, 0.3) is 0 Å². The molecule has 2 rings (SSSR count). The predicted molar refractivity (Wildman–Crippen MR) is 93.3 cm³/mol. The summed E-state index contributed by atoms with van der Waals surface area (Å²) in [5, 5.41) is 3.31. The molecule has 0 heterocycles. The lowest BCUT2D eigenvalue weighted by Gasteiger charge is -2.10. The van der Waals surface area contributed by atoms with Gasteiger partial charge in [-0.15, -0.1) is 0 Å². The van der Waals surface area contributed by atoms with Crippen LogP contribution < -0.4 is 10.1 Å². The monoisotopic (exact) mass is 399 g/mol. The van der Waals surface area contributed by atoms with Gasteiger partial charge < -0.3 is 10.1 Å². The maximum atomic E-state index is 13.0. The zero-order valence-corrected chi connectivity index (χ0v) is 14.2. The van der Waals surface area contributed by atoms with E-state index in [0.717, 1.165) is 40.0 Å². The first-order valence-electron chi connectivity index (χ1n) is 7.09. The fraction of sp³-hybridized carbons (Fsp3) is 0.294. The van der Waals surface area contributed by atoms with Crippen LogP contribution in [0.15, 0.2) is 42.5 Å². The van der Waals surface area contributed by atoms with Crippen LogP contribution in [0.4, 0.5) is 10.1 Å². The number of unbranched alkanes of at least 4 members (excludes halogenated alkanes) is 1. The molecule has 0 amide bonds. The molecular formula is C17H19FINO. The molecule has 0 aliphatic rings. The van der Waals surface area contributed by atoms with Gasteiger partial charge in [-0.25, -0.2) is 4.39 Å². The molecule has 21 heavy (non-hydrogen) atoms. The largest absolute Gasteiger partial charge is 0.494 e. The van der Waals surface area contributed by atoms with Crippen molar-refractivity contribution in [2.75, 3.05) is 11.9 Å². The van der Waals surface area contributed by atoms with Crippen molar-refractivity contribution < 1.29 is 9.13 Å². The van der Waals surface area contributed by atoms with Crippen LogP contribution in [0.1, 0.15) is 25.3 Å². The molecule has 4 heteroatoms. The highest BCUT2D eigenvalue weighted by atomic mass is 127. The Hall–Kier alpha value is -1.30. The van der Waals surface area contributed by atoms with Crippen LogP contribution in [0.5, 0.6) is 5.75 Å². The van der Waals surface area contributed by atoms with Gasteiger partial charge in [0.2, 0.25) is 0 Å². The van der Waals surface area contributed by atoms with Gasteiger partial charge in [0.1, 0.15) is 11.6 Å². The predicted octanol–water partition coefficient (Wildman–Crippen LogP) is 5.22. The van der Waals surface area contributed by atoms with Gasteiger partial charge in [0.05, 0.1) is 6.61 Å². The van der Waals surface area contributed by atoms with Crippen molar-refractivity contribution in [3.8, 4) is 5.75 Å². The van der Waals surface area contributed by atoms with Crippen molar-refractivity contribution in [3.63, 3.8) is 0 Å². The highest BCUT2D eigenvalue weighted by Crippen LogP contribution is 2.20. The molecule has 0 bridgehead atoms. The number of halogens is 2. The Kier molecular flexibility index (Phi) is 6.29. The van der Waals surface area contributed by atoms with Gasteiger partial charge >= 0.3 is 0 Å². The van der Waals surface area contributed by atoms with Gasteiger partial charge in [0, 0.05) is 15.8 Å². The van der Waals surface area contributed by atoms with E-state index in [1.807, 2.05) is 24.3 Å². The summed E-state index contributed by atoms with van der Waals surface area (Å²) in [5.41, 5.74) is 2.11. The molecule has 0 atom stereocenters. The van der Waals surface area contributed by atoms with E-state index in [2.05, 4.69) is 34.8 Å². The standard InChI is InChI=1S/C17H19FINO/c1-2-3-10-21-15-7-4-13(5-8-15)12-20-17-9-6-14(18)11-16(17)19/h4-9,11,20H,2-3,10,12H2,1H3. The van der Waals surface area contributed by atoms with E-state index in [0.29, 0.717) is 6.54 Å². The van der Waals surface area contributed by atoms with Crippen molar-refractivity contribution in [2.24, 2.45) is 0 Å². The number of rotatable bonds is 7. The molecule has 0 saturated heterocycles. The number of nitrogens with one attached hydrogen (secondary N) is 1. The topological polar surface area (TPSA) is 21.3 Å². The van der Waals surface area contributed by atoms with E-state index < -0.39 is 0 Å². The maximum Gasteiger partial charge on any atom is 0.124 e. The molecule has 112 valence electrons. The molecule has 0 fully saturated rings. The summed E-state index contributed by atoms with van der Waals surface area (Å²) >= 11 is 2.13. The molecule has 0 saturated carbocycles. The SMILES string of the molecule is CCCCOc1ccc(CNc2ccc(F)cc2I)cc1. The van der Waals surface area contributed by atoms with Gasteiger partial charge in [-0.05, 0) is 64.9 Å². The van der Waals surface area contributed by atoms with Crippen LogP contribution in [0.2, 0.25) is 0 Å². The third-order valence-corrected chi connectivity index (χ3v) is 4.00. The summed E-state index contributed by atoms with van der Waals surface area (Å²) < 4.78 is 19.6. The average Bonchev–Trinajstić information content (AvgIpc) is 2.48. The fourth-order valence-electron chi connectivity index (χ4n) is 1.87. The maximum absolute atomic E-state index is 13.0. The van der Waals surface area contributed by atoms with E-state index in [9.17, 15) is 4.39 Å². The van der Waals surface area contributed by atoms with Crippen LogP contribution in [0.25, 0.3) is 0 Å². The molecule has 2 nitrogen and oxygen atoms in total. The minimum atomic E-state index is -0.210. The van der Waals surface area contributed by atoms with Crippen LogP contribution in [0.3, 0.4) is 0 Å². The normalized spacial score (nSPS) is 10.4. The van der Waals surface area contributed by atoms with Crippen molar-refractivity contribution in [1.29, 1.82) is 0 Å². The Morgan fingerprint density at radius 2 is 1.90 bits per heavy atom. The second-order valence-electron chi connectivity index (χ2n) is 4.82. The van der Waals surface area contributed by atoms with Gasteiger partial charge in [-0.3, -0.25) is 0 Å². The molecule has 0 radical (unpaired) electrons. The molecule has 1 N–H and O–H groups in total. The summed E-state index contributed by atoms with van der Waals surface area (Å²) in [6, 6.07) is 12.8. The lowest BCUT2D eigenvalue weighted by molar-refractivity contribution is 0.309. The number of hydrogen-bond acceptors (Lipinski definition) is 2. The third kappa shape index (κ3) is 5.19. The summed E-state index contributed by atoms with van der Waals surface area (Å²) in [6.45, 7) is 3.62. The van der Waals surface area contributed by atoms with E-state index in [1.54, 1.807) is 6.07 Å². The van der Waals surface area contributed by atoms with Gasteiger partial charge in [-0.2, -0.15) is 0 Å². The lowest BCUT2D eigenvalue weighted by atomic mass is 10.2. The van der Waals surface area contributed by atoms with Crippen LogP contribution in [0, 0.1) is 9.39 Å². The number of anilines is 1. The first kappa shape index (κ1) is 16.1. The second kappa shape index (κ2) is 8.22. The van der Waals surface area contributed by atoms with Crippen LogP contribution >= 0.6 is 22.6 Å². The van der Waals surface area contributed by atoms with E-state index in [1.165, 1.54) is 12.1 Å². The quantitative estimate of drug-likeness (QED) is 0.509. The van der Waals surface area contributed by atoms with E-state index in [-0.39, 0.29) is 5.82 Å². The Labute approximate surface area is 138 Å². The molecule has 0 spiro atoms. The third-order valence-electron chi connectivity index (χ3n) is 3.10. The summed E-state index contributed by atoms with van der Waals surface area (Å²) in [5.74, 6) is 0.696. The van der Waals surface area contributed by atoms with Crippen molar-refractivity contribution in [2.45, 2.75) is 26.3 Å². The molecule has 2 aromatic rings. The molecule has 0 aromatic heterocycles. The smallest absolute Gasteiger partial charge is 0.124 e. The van der Waals surface area contributed by atoms with E-state index >= 15 is 0 Å².